The Hall–Kier alpha value is -0.430. The van der Waals surface area contributed by atoms with E-state index >= 15 is 0 Å². The molecule has 10 heavy (non-hydrogen) atoms. The molecule has 0 aliphatic heterocycles. The van der Waals surface area contributed by atoms with Crippen molar-refractivity contribution in [1.29, 1.82) is 0 Å². The first kappa shape index (κ1) is 7.67. The molecule has 0 atom stereocenters. The van der Waals surface area contributed by atoms with Gasteiger partial charge in [0.05, 0.1) is 6.20 Å². The molecule has 0 bridgehead atoms. The number of H-pyrrole nitrogens is 1. The van der Waals surface area contributed by atoms with E-state index in [0.29, 0.717) is 0 Å². The van der Waals surface area contributed by atoms with Crippen molar-refractivity contribution in [3.63, 3.8) is 0 Å². The van der Waals surface area contributed by atoms with Crippen molar-refractivity contribution in [2.24, 2.45) is 0 Å². The van der Waals surface area contributed by atoms with Crippen molar-refractivity contribution in [1.82, 2.24) is 9.97 Å². The highest BCUT2D eigenvalue weighted by atomic mass is 79.9. The Morgan fingerprint density at radius 2 is 2.30 bits per heavy atom. The van der Waals surface area contributed by atoms with Crippen LogP contribution in [0.5, 0.6) is 0 Å². The van der Waals surface area contributed by atoms with E-state index < -0.39 is 15.2 Å². The average molecular weight is 229 g/mol. The van der Waals surface area contributed by atoms with Crippen LogP contribution in [0.2, 0.25) is 0 Å². The minimum Gasteiger partial charge on any atom is -0.321 e. The van der Waals surface area contributed by atoms with E-state index in [0.717, 1.165) is 6.20 Å². The monoisotopic (exact) mass is 228 g/mol. The molecule has 0 fully saturated rings. The number of nitrogens with one attached hydrogen (secondary N) is 1. The third-order valence-corrected chi connectivity index (χ3v) is 1.92. The molecule has 0 aliphatic carbocycles. The summed E-state index contributed by atoms with van der Waals surface area (Å²) < 4.78 is 32.4. The summed E-state index contributed by atoms with van der Waals surface area (Å²) in [6.45, 7) is 0. The van der Waals surface area contributed by atoms with Gasteiger partial charge in [0.2, 0.25) is 0 Å². The third-order valence-electron chi connectivity index (χ3n) is 0.784. The summed E-state index contributed by atoms with van der Waals surface area (Å²) in [5.74, 6) is 0. The van der Waals surface area contributed by atoms with Crippen molar-refractivity contribution in [3.8, 4) is 0 Å². The van der Waals surface area contributed by atoms with Crippen LogP contribution >= 0.6 is 15.9 Å². The van der Waals surface area contributed by atoms with Crippen molar-refractivity contribution in [2.45, 2.75) is 5.03 Å². The summed E-state index contributed by atoms with van der Waals surface area (Å²) in [5.41, 5.74) is 0. The van der Waals surface area contributed by atoms with E-state index in [2.05, 4.69) is 25.9 Å². The summed E-state index contributed by atoms with van der Waals surface area (Å²) in [6, 6.07) is 0. The van der Waals surface area contributed by atoms with Crippen molar-refractivity contribution < 1.29 is 12.3 Å². The molecule has 56 valence electrons. The van der Waals surface area contributed by atoms with Crippen LogP contribution in [-0.4, -0.2) is 18.4 Å². The van der Waals surface area contributed by atoms with Gasteiger partial charge >= 0.3 is 10.2 Å². The molecule has 4 nitrogen and oxygen atoms in total. The first-order chi connectivity index (χ1) is 4.50. The van der Waals surface area contributed by atoms with Gasteiger partial charge < -0.3 is 4.98 Å². The third kappa shape index (κ3) is 1.54. The molecule has 0 amide bonds. The van der Waals surface area contributed by atoms with Gasteiger partial charge in [0, 0.05) is 0 Å². The van der Waals surface area contributed by atoms with Crippen LogP contribution < -0.4 is 0 Å². The Bertz CT molecular complexity index is 332. The minimum absolute atomic E-state index is 0.184. The van der Waals surface area contributed by atoms with Gasteiger partial charge in [-0.1, -0.05) is 3.89 Å². The standard InChI is InChI=1S/C3H2BrFN2O2S/c4-3-6-1-2(7-3)10(5,8)9/h1H,(H,6,7). The summed E-state index contributed by atoms with van der Waals surface area (Å²) in [6.07, 6.45) is 0.888. The summed E-state index contributed by atoms with van der Waals surface area (Å²) in [4.78, 5) is 5.58. The van der Waals surface area contributed by atoms with E-state index in [-0.39, 0.29) is 4.73 Å². The van der Waals surface area contributed by atoms with Gasteiger partial charge in [0.25, 0.3) is 0 Å². The van der Waals surface area contributed by atoms with E-state index in [1.165, 1.54) is 0 Å². The second-order valence-corrected chi connectivity index (χ2v) is 3.54. The number of nitrogens with zero attached hydrogens (tertiary/aromatic N) is 1. The van der Waals surface area contributed by atoms with Crippen molar-refractivity contribution in [3.05, 3.63) is 10.9 Å². The summed E-state index contributed by atoms with van der Waals surface area (Å²) in [7, 11) is -4.63. The molecule has 1 N–H and O–H groups in total. The van der Waals surface area contributed by atoms with E-state index in [1.54, 1.807) is 0 Å². The van der Waals surface area contributed by atoms with Crippen LogP contribution in [-0.2, 0) is 10.2 Å². The molecule has 0 saturated heterocycles. The average Bonchev–Trinajstić information content (AvgIpc) is 2.11. The van der Waals surface area contributed by atoms with Crippen LogP contribution in [0.4, 0.5) is 3.89 Å². The molecule has 0 unspecified atom stereocenters. The molecule has 7 heteroatoms. The summed E-state index contributed by atoms with van der Waals surface area (Å²) in [5, 5.41) is -0.542. The molecular weight excluding hydrogens is 227 g/mol. The molecule has 0 radical (unpaired) electrons. The quantitative estimate of drug-likeness (QED) is 0.725. The summed E-state index contributed by atoms with van der Waals surface area (Å²) >= 11 is 2.83. The molecule has 1 heterocycles. The Morgan fingerprint density at radius 1 is 1.70 bits per heavy atom. The van der Waals surface area contributed by atoms with Crippen LogP contribution in [0, 0.1) is 0 Å². The maximum Gasteiger partial charge on any atom is 0.349 e. The number of hydrogen-bond acceptors (Lipinski definition) is 3. The molecular formula is C3H2BrFN2O2S. The largest absolute Gasteiger partial charge is 0.349 e. The molecule has 1 rings (SSSR count). The normalized spacial score (nSPS) is 11.8. The fourth-order valence-corrected chi connectivity index (χ4v) is 1.25. The maximum atomic E-state index is 12.0. The Kier molecular flexibility index (Phi) is 1.78. The van der Waals surface area contributed by atoms with E-state index in [9.17, 15) is 12.3 Å². The minimum atomic E-state index is -4.63. The van der Waals surface area contributed by atoms with Crippen LogP contribution in [0.15, 0.2) is 16.0 Å². The molecule has 0 spiro atoms. The zero-order valence-electron chi connectivity index (χ0n) is 4.51. The Balaban J connectivity index is 3.21. The second kappa shape index (κ2) is 2.31. The highest BCUT2D eigenvalue weighted by molar-refractivity contribution is 9.10. The lowest BCUT2D eigenvalue weighted by Crippen LogP contribution is -1.90. The van der Waals surface area contributed by atoms with Crippen molar-refractivity contribution in [2.75, 3.05) is 0 Å². The highest BCUT2D eigenvalue weighted by Crippen LogP contribution is 2.11. The number of imidazole rings is 1. The van der Waals surface area contributed by atoms with Crippen LogP contribution in [0.25, 0.3) is 0 Å². The smallest absolute Gasteiger partial charge is 0.321 e. The van der Waals surface area contributed by atoms with Gasteiger partial charge in [0.15, 0.2) is 9.76 Å². The zero-order chi connectivity index (χ0) is 7.78. The van der Waals surface area contributed by atoms with Gasteiger partial charge in [-0.25, -0.2) is 4.98 Å². The predicted octanol–water partition coefficient (Wildman–Crippen LogP) is 0.830. The topological polar surface area (TPSA) is 62.8 Å². The number of aromatic amines is 1. The Morgan fingerprint density at radius 3 is 2.50 bits per heavy atom. The van der Waals surface area contributed by atoms with E-state index in [1.807, 2.05) is 0 Å². The van der Waals surface area contributed by atoms with Gasteiger partial charge in [-0.05, 0) is 15.9 Å². The molecule has 0 aromatic carbocycles. The first-order valence-electron chi connectivity index (χ1n) is 2.15. The lowest BCUT2D eigenvalue weighted by molar-refractivity contribution is 0.548. The molecule has 0 aliphatic rings. The number of hydrogen-bond donors (Lipinski definition) is 1. The SMILES string of the molecule is O=S(=O)(F)c1cnc(Br)[nH]1. The molecule has 0 saturated carbocycles. The molecule has 1 aromatic rings. The van der Waals surface area contributed by atoms with Crippen LogP contribution in [0.1, 0.15) is 0 Å². The predicted molar refractivity (Wildman–Crippen MR) is 34.6 cm³/mol. The second-order valence-electron chi connectivity index (χ2n) is 1.48. The van der Waals surface area contributed by atoms with Crippen LogP contribution in [0.3, 0.4) is 0 Å². The number of aromatic nitrogens is 2. The van der Waals surface area contributed by atoms with E-state index in [4.69, 9.17) is 0 Å². The molecule has 1 aromatic heterocycles. The van der Waals surface area contributed by atoms with Gasteiger partial charge in [0.1, 0.15) is 0 Å². The fourth-order valence-electron chi connectivity index (χ4n) is 0.405. The lowest BCUT2D eigenvalue weighted by Gasteiger charge is -1.82. The lowest BCUT2D eigenvalue weighted by atomic mass is 11.0. The van der Waals surface area contributed by atoms with Crippen molar-refractivity contribution >= 4 is 26.2 Å². The number of rotatable bonds is 1. The van der Waals surface area contributed by atoms with Gasteiger partial charge in [-0.15, -0.1) is 0 Å². The van der Waals surface area contributed by atoms with Gasteiger partial charge in [-0.3, -0.25) is 0 Å². The highest BCUT2D eigenvalue weighted by Gasteiger charge is 2.13. The van der Waals surface area contributed by atoms with Gasteiger partial charge in [-0.2, -0.15) is 8.42 Å². The maximum absolute atomic E-state index is 12.0. The zero-order valence-corrected chi connectivity index (χ0v) is 6.91. The first-order valence-corrected chi connectivity index (χ1v) is 4.33. The Labute approximate surface area is 64.8 Å². The number of halogens is 2. The fraction of sp³-hybridized carbons (Fsp3) is 0.